The van der Waals surface area contributed by atoms with Crippen molar-refractivity contribution < 1.29 is 9.18 Å². The van der Waals surface area contributed by atoms with Crippen molar-refractivity contribution >= 4 is 6.03 Å². The zero-order valence-corrected chi connectivity index (χ0v) is 13.6. The summed E-state index contributed by atoms with van der Waals surface area (Å²) in [5.41, 5.74) is 0.772. The Hall–Kier alpha value is -1.62. The van der Waals surface area contributed by atoms with Gasteiger partial charge in [-0.25, -0.2) is 9.18 Å². The number of halogens is 1. The Morgan fingerprint density at radius 3 is 2.52 bits per heavy atom. The molecular formula is C18H26FN3O. The molecule has 5 heteroatoms. The predicted octanol–water partition coefficient (Wildman–Crippen LogP) is 2.84. The molecule has 1 aromatic rings. The number of amides is 2. The molecule has 0 unspecified atom stereocenters. The van der Waals surface area contributed by atoms with Crippen molar-refractivity contribution in [3.63, 3.8) is 0 Å². The van der Waals surface area contributed by atoms with Gasteiger partial charge in [0.2, 0.25) is 0 Å². The Labute approximate surface area is 137 Å². The first-order valence-corrected chi connectivity index (χ1v) is 8.71. The van der Waals surface area contributed by atoms with Crippen LogP contribution in [-0.4, -0.2) is 48.6 Å². The molecule has 0 aromatic heterocycles. The van der Waals surface area contributed by atoms with Gasteiger partial charge in [0.1, 0.15) is 5.82 Å². The molecule has 2 amide bonds. The van der Waals surface area contributed by atoms with Gasteiger partial charge in [0.05, 0.1) is 0 Å². The van der Waals surface area contributed by atoms with Gasteiger partial charge >= 0.3 is 6.03 Å². The van der Waals surface area contributed by atoms with Crippen LogP contribution in [0.4, 0.5) is 9.18 Å². The highest BCUT2D eigenvalue weighted by Gasteiger charge is 2.22. The number of benzene rings is 1. The maximum atomic E-state index is 13.7. The number of urea groups is 1. The van der Waals surface area contributed by atoms with Crippen molar-refractivity contribution in [2.75, 3.05) is 32.7 Å². The highest BCUT2D eigenvalue weighted by Crippen LogP contribution is 2.19. The number of hydrogen-bond acceptors (Lipinski definition) is 2. The average Bonchev–Trinajstić information content (AvgIpc) is 3.11. The zero-order chi connectivity index (χ0) is 16.1. The smallest absolute Gasteiger partial charge is 0.317 e. The minimum atomic E-state index is -0.118. The Balaban J connectivity index is 1.38. The lowest BCUT2D eigenvalue weighted by molar-refractivity contribution is 0.169. The first-order valence-electron chi connectivity index (χ1n) is 8.71. The van der Waals surface area contributed by atoms with Gasteiger partial charge in [0.25, 0.3) is 0 Å². The van der Waals surface area contributed by atoms with E-state index in [1.807, 2.05) is 17.0 Å². The van der Waals surface area contributed by atoms with Crippen LogP contribution in [0.2, 0.25) is 0 Å². The molecule has 2 heterocycles. The normalized spacial score (nSPS) is 20.0. The fourth-order valence-corrected chi connectivity index (χ4v) is 3.48. The van der Waals surface area contributed by atoms with Crippen LogP contribution >= 0.6 is 0 Å². The Bertz CT molecular complexity index is 523. The number of likely N-dealkylation sites (tertiary alicyclic amines) is 2. The van der Waals surface area contributed by atoms with Gasteiger partial charge in [-0.2, -0.15) is 0 Å². The zero-order valence-electron chi connectivity index (χ0n) is 13.6. The maximum absolute atomic E-state index is 13.7. The van der Waals surface area contributed by atoms with Gasteiger partial charge in [-0.1, -0.05) is 18.2 Å². The first-order chi connectivity index (χ1) is 11.2. The van der Waals surface area contributed by atoms with E-state index in [-0.39, 0.29) is 11.8 Å². The van der Waals surface area contributed by atoms with Crippen molar-refractivity contribution in [3.05, 3.63) is 35.6 Å². The van der Waals surface area contributed by atoms with Crippen molar-refractivity contribution in [2.45, 2.75) is 32.2 Å². The quantitative estimate of drug-likeness (QED) is 0.926. The largest absolute Gasteiger partial charge is 0.338 e. The number of piperidine rings is 1. The summed E-state index contributed by atoms with van der Waals surface area (Å²) in [6.45, 7) is 5.18. The lowest BCUT2D eigenvalue weighted by Crippen LogP contribution is -2.42. The molecule has 0 bridgehead atoms. The van der Waals surface area contributed by atoms with Gasteiger partial charge in [-0.3, -0.25) is 4.90 Å². The van der Waals surface area contributed by atoms with E-state index >= 15 is 0 Å². The van der Waals surface area contributed by atoms with Gasteiger partial charge in [-0.05, 0) is 50.8 Å². The topological polar surface area (TPSA) is 35.6 Å². The lowest BCUT2D eigenvalue weighted by atomic mass is 9.96. The predicted molar refractivity (Wildman–Crippen MR) is 88.6 cm³/mol. The molecule has 2 aliphatic heterocycles. The van der Waals surface area contributed by atoms with Crippen LogP contribution < -0.4 is 5.32 Å². The Morgan fingerprint density at radius 1 is 1.13 bits per heavy atom. The number of carbonyl (C=O) groups excluding carboxylic acids is 1. The van der Waals surface area contributed by atoms with Crippen molar-refractivity contribution in [1.29, 1.82) is 0 Å². The van der Waals surface area contributed by atoms with E-state index in [2.05, 4.69) is 10.2 Å². The molecular weight excluding hydrogens is 293 g/mol. The van der Waals surface area contributed by atoms with Crippen LogP contribution in [0.5, 0.6) is 0 Å². The minimum Gasteiger partial charge on any atom is -0.338 e. The van der Waals surface area contributed by atoms with Crippen LogP contribution in [0.1, 0.15) is 31.2 Å². The van der Waals surface area contributed by atoms with Crippen LogP contribution in [0.25, 0.3) is 0 Å². The average molecular weight is 319 g/mol. The number of nitrogens with one attached hydrogen (secondary N) is 1. The summed E-state index contributed by atoms with van der Waals surface area (Å²) in [6.07, 6.45) is 4.38. The third kappa shape index (κ3) is 4.44. The molecule has 2 aliphatic rings. The molecule has 1 aromatic carbocycles. The lowest BCUT2D eigenvalue weighted by Gasteiger charge is -2.32. The van der Waals surface area contributed by atoms with Crippen molar-refractivity contribution in [2.24, 2.45) is 5.92 Å². The number of hydrogen-bond donors (Lipinski definition) is 1. The molecule has 0 aliphatic carbocycles. The molecule has 1 N–H and O–H groups in total. The SMILES string of the molecule is O=C(NCC1CCN(Cc2ccccc2F)CC1)N1CCCC1. The van der Waals surface area contributed by atoms with Crippen molar-refractivity contribution in [3.8, 4) is 0 Å². The summed E-state index contributed by atoms with van der Waals surface area (Å²) in [5, 5.41) is 3.08. The second-order valence-corrected chi connectivity index (χ2v) is 6.69. The molecule has 2 fully saturated rings. The second kappa shape index (κ2) is 7.77. The monoisotopic (exact) mass is 319 g/mol. The first kappa shape index (κ1) is 16.2. The number of nitrogens with zero attached hydrogens (tertiary/aromatic N) is 2. The second-order valence-electron chi connectivity index (χ2n) is 6.69. The van der Waals surface area contributed by atoms with Gasteiger partial charge in [0.15, 0.2) is 0 Å². The molecule has 0 spiro atoms. The molecule has 0 radical (unpaired) electrons. The maximum Gasteiger partial charge on any atom is 0.317 e. The van der Waals surface area contributed by atoms with Crippen LogP contribution in [0.3, 0.4) is 0 Å². The van der Waals surface area contributed by atoms with Gasteiger partial charge in [-0.15, -0.1) is 0 Å². The molecule has 2 saturated heterocycles. The summed E-state index contributed by atoms with van der Waals surface area (Å²) in [5.74, 6) is 0.422. The highest BCUT2D eigenvalue weighted by molar-refractivity contribution is 5.74. The Morgan fingerprint density at radius 2 is 1.83 bits per heavy atom. The van der Waals surface area contributed by atoms with E-state index in [1.54, 1.807) is 6.07 Å². The molecule has 126 valence electrons. The van der Waals surface area contributed by atoms with E-state index in [0.29, 0.717) is 12.5 Å². The van der Waals surface area contributed by atoms with Crippen LogP contribution in [0, 0.1) is 11.7 Å². The highest BCUT2D eigenvalue weighted by atomic mass is 19.1. The summed E-state index contributed by atoms with van der Waals surface area (Å²) >= 11 is 0. The summed E-state index contributed by atoms with van der Waals surface area (Å²) in [7, 11) is 0. The molecule has 3 rings (SSSR count). The summed E-state index contributed by atoms with van der Waals surface area (Å²) in [6, 6.07) is 7.09. The van der Waals surface area contributed by atoms with Crippen molar-refractivity contribution in [1.82, 2.24) is 15.1 Å². The molecule has 4 nitrogen and oxygen atoms in total. The minimum absolute atomic E-state index is 0.0938. The number of carbonyl (C=O) groups is 1. The van der Waals surface area contributed by atoms with Gasteiger partial charge in [0, 0.05) is 31.7 Å². The van der Waals surface area contributed by atoms with Gasteiger partial charge < -0.3 is 10.2 Å². The number of rotatable bonds is 4. The fraction of sp³-hybridized carbons (Fsp3) is 0.611. The summed E-state index contributed by atoms with van der Waals surface area (Å²) in [4.78, 5) is 16.2. The third-order valence-corrected chi connectivity index (χ3v) is 4.99. The van der Waals surface area contributed by atoms with E-state index in [1.165, 1.54) is 6.07 Å². The van der Waals surface area contributed by atoms with Crippen LogP contribution in [0.15, 0.2) is 24.3 Å². The third-order valence-electron chi connectivity index (χ3n) is 4.99. The Kier molecular flexibility index (Phi) is 5.49. The van der Waals surface area contributed by atoms with E-state index < -0.39 is 0 Å². The summed E-state index contributed by atoms with van der Waals surface area (Å²) < 4.78 is 13.7. The van der Waals surface area contributed by atoms with E-state index in [9.17, 15) is 9.18 Å². The molecule has 0 atom stereocenters. The van der Waals surface area contributed by atoms with E-state index in [4.69, 9.17) is 0 Å². The van der Waals surface area contributed by atoms with E-state index in [0.717, 1.165) is 64.0 Å². The standard InChI is InChI=1S/C18H26FN3O/c19-17-6-2-1-5-16(17)14-21-11-7-15(8-12-21)13-20-18(23)22-9-3-4-10-22/h1-2,5-6,15H,3-4,7-14H2,(H,20,23). The fourth-order valence-electron chi connectivity index (χ4n) is 3.48. The molecule has 23 heavy (non-hydrogen) atoms. The molecule has 0 saturated carbocycles. The van der Waals surface area contributed by atoms with Crippen LogP contribution in [-0.2, 0) is 6.54 Å².